The Hall–Kier alpha value is -2.45. The Balaban J connectivity index is 1.61. The first-order valence-electron chi connectivity index (χ1n) is 8.38. The number of carbonyl (C=O) groups is 1. The van der Waals surface area contributed by atoms with Crippen LogP contribution in [0, 0.1) is 0 Å². The molecule has 138 valence electrons. The predicted octanol–water partition coefficient (Wildman–Crippen LogP) is 1.80. The minimum atomic E-state index is -3.41. The highest BCUT2D eigenvalue weighted by Gasteiger charge is 2.26. The molecule has 1 amide bonds. The van der Waals surface area contributed by atoms with Crippen LogP contribution in [0.3, 0.4) is 0 Å². The van der Waals surface area contributed by atoms with Crippen molar-refractivity contribution in [2.45, 2.75) is 24.3 Å². The molecule has 0 radical (unpaired) electrons. The number of carbonyl (C=O) groups excluding carboxylic acids is 1. The fraction of sp³-hybridized carbons (Fsp3) is 0.333. The fourth-order valence-corrected chi connectivity index (χ4v) is 4.29. The Bertz CT molecular complexity index is 858. The van der Waals surface area contributed by atoms with Crippen LogP contribution in [0.4, 0.5) is 0 Å². The van der Waals surface area contributed by atoms with Gasteiger partial charge in [0.25, 0.3) is 5.91 Å². The molecule has 7 nitrogen and oxygen atoms in total. The van der Waals surface area contributed by atoms with Crippen molar-refractivity contribution >= 4 is 15.9 Å². The van der Waals surface area contributed by atoms with E-state index < -0.39 is 10.0 Å². The highest BCUT2D eigenvalue weighted by atomic mass is 32.2. The van der Waals surface area contributed by atoms with E-state index in [1.165, 1.54) is 17.6 Å². The van der Waals surface area contributed by atoms with E-state index in [-0.39, 0.29) is 10.8 Å². The first-order valence-corrected chi connectivity index (χ1v) is 9.82. The molecule has 0 aliphatic carbocycles. The van der Waals surface area contributed by atoms with Crippen LogP contribution in [0.2, 0.25) is 0 Å². The molecule has 2 aromatic rings. The van der Waals surface area contributed by atoms with Gasteiger partial charge in [0.15, 0.2) is 0 Å². The molecule has 0 spiro atoms. The van der Waals surface area contributed by atoms with Gasteiger partial charge in [0.2, 0.25) is 15.9 Å². The quantitative estimate of drug-likeness (QED) is 0.832. The number of nitrogens with one attached hydrogen (secondary N) is 1. The van der Waals surface area contributed by atoms with Gasteiger partial charge in [-0.1, -0.05) is 12.1 Å². The van der Waals surface area contributed by atoms with Crippen LogP contribution in [0.5, 0.6) is 5.88 Å². The van der Waals surface area contributed by atoms with Gasteiger partial charge in [0, 0.05) is 31.9 Å². The lowest BCUT2D eigenvalue weighted by Crippen LogP contribution is -2.28. The van der Waals surface area contributed by atoms with Gasteiger partial charge in [0.05, 0.1) is 17.6 Å². The third-order valence-electron chi connectivity index (χ3n) is 4.29. The Labute approximate surface area is 153 Å². The molecule has 1 saturated heterocycles. The van der Waals surface area contributed by atoms with Crippen LogP contribution < -0.4 is 10.1 Å². The fourth-order valence-electron chi connectivity index (χ4n) is 2.78. The predicted molar refractivity (Wildman–Crippen MR) is 96.4 cm³/mol. The van der Waals surface area contributed by atoms with Gasteiger partial charge < -0.3 is 10.1 Å². The average molecular weight is 375 g/mol. The second kappa shape index (κ2) is 7.84. The molecule has 26 heavy (non-hydrogen) atoms. The van der Waals surface area contributed by atoms with Crippen molar-refractivity contribution in [3.05, 3.63) is 53.7 Å². The molecular weight excluding hydrogens is 354 g/mol. The third kappa shape index (κ3) is 4.03. The lowest BCUT2D eigenvalue weighted by atomic mass is 10.2. The second-order valence-corrected chi connectivity index (χ2v) is 7.96. The Morgan fingerprint density at radius 1 is 1.15 bits per heavy atom. The first-order chi connectivity index (χ1) is 12.5. The summed E-state index contributed by atoms with van der Waals surface area (Å²) in [5, 5.41) is 2.79. The molecule has 8 heteroatoms. The molecule has 1 aromatic carbocycles. The molecule has 1 aliphatic heterocycles. The van der Waals surface area contributed by atoms with Crippen molar-refractivity contribution in [3.8, 4) is 5.88 Å². The number of nitrogens with zero attached hydrogens (tertiary/aromatic N) is 2. The van der Waals surface area contributed by atoms with E-state index in [1.807, 2.05) is 0 Å². The number of rotatable bonds is 6. The molecule has 1 aromatic heterocycles. The lowest BCUT2D eigenvalue weighted by Gasteiger charge is -2.15. The molecule has 1 aliphatic rings. The molecule has 1 fully saturated rings. The Kier molecular flexibility index (Phi) is 5.53. The van der Waals surface area contributed by atoms with Gasteiger partial charge >= 0.3 is 0 Å². The highest BCUT2D eigenvalue weighted by Crippen LogP contribution is 2.21. The Morgan fingerprint density at radius 3 is 2.42 bits per heavy atom. The smallest absolute Gasteiger partial charge is 0.253 e. The molecule has 3 rings (SSSR count). The van der Waals surface area contributed by atoms with E-state index in [0.29, 0.717) is 31.1 Å². The molecule has 1 N–H and O–H groups in total. The van der Waals surface area contributed by atoms with Crippen LogP contribution in [-0.4, -0.2) is 43.8 Å². The number of hydrogen-bond acceptors (Lipinski definition) is 5. The number of aromatic nitrogens is 1. The Morgan fingerprint density at radius 2 is 1.85 bits per heavy atom. The largest absolute Gasteiger partial charge is 0.481 e. The van der Waals surface area contributed by atoms with E-state index in [0.717, 1.165) is 18.4 Å². The van der Waals surface area contributed by atoms with Crippen molar-refractivity contribution in [3.63, 3.8) is 0 Å². The summed E-state index contributed by atoms with van der Waals surface area (Å²) in [6, 6.07) is 9.86. The van der Waals surface area contributed by atoms with Crippen LogP contribution in [-0.2, 0) is 16.6 Å². The van der Waals surface area contributed by atoms with Gasteiger partial charge in [-0.25, -0.2) is 13.4 Å². The highest BCUT2D eigenvalue weighted by molar-refractivity contribution is 7.89. The molecule has 2 heterocycles. The zero-order chi connectivity index (χ0) is 18.6. The topological polar surface area (TPSA) is 88.6 Å². The lowest BCUT2D eigenvalue weighted by molar-refractivity contribution is 0.0950. The van der Waals surface area contributed by atoms with Crippen LogP contribution in [0.25, 0.3) is 0 Å². The summed E-state index contributed by atoms with van der Waals surface area (Å²) in [5.74, 6) is 0.185. The summed E-state index contributed by atoms with van der Waals surface area (Å²) < 4.78 is 31.4. The summed E-state index contributed by atoms with van der Waals surface area (Å²) in [5.41, 5.74) is 1.25. The van der Waals surface area contributed by atoms with Gasteiger partial charge in [-0.15, -0.1) is 0 Å². The van der Waals surface area contributed by atoms with Crippen molar-refractivity contribution < 1.29 is 17.9 Å². The monoisotopic (exact) mass is 375 g/mol. The van der Waals surface area contributed by atoms with Gasteiger partial charge in [-0.05, 0) is 36.6 Å². The van der Waals surface area contributed by atoms with Crippen molar-refractivity contribution in [1.29, 1.82) is 0 Å². The summed E-state index contributed by atoms with van der Waals surface area (Å²) in [6.07, 6.45) is 3.26. The summed E-state index contributed by atoms with van der Waals surface area (Å²) in [6.45, 7) is 1.46. The number of sulfonamides is 1. The van der Waals surface area contributed by atoms with E-state index in [9.17, 15) is 13.2 Å². The SMILES string of the molecule is COc1ccc(C(=O)NCc2ccc(S(=O)(=O)N3CCCC3)cc2)cn1. The van der Waals surface area contributed by atoms with Crippen LogP contribution in [0.15, 0.2) is 47.5 Å². The molecule has 0 bridgehead atoms. The van der Waals surface area contributed by atoms with E-state index >= 15 is 0 Å². The average Bonchev–Trinajstić information content (AvgIpc) is 3.22. The number of methoxy groups -OCH3 is 1. The summed E-state index contributed by atoms with van der Waals surface area (Å²) >= 11 is 0. The van der Waals surface area contributed by atoms with Crippen LogP contribution in [0.1, 0.15) is 28.8 Å². The van der Waals surface area contributed by atoms with E-state index in [2.05, 4.69) is 10.3 Å². The van der Waals surface area contributed by atoms with Crippen LogP contribution >= 0.6 is 0 Å². The number of ether oxygens (including phenoxy) is 1. The van der Waals surface area contributed by atoms with Gasteiger partial charge in [-0.2, -0.15) is 4.31 Å². The molecule has 0 unspecified atom stereocenters. The minimum Gasteiger partial charge on any atom is -0.481 e. The van der Waals surface area contributed by atoms with Gasteiger partial charge in [0.1, 0.15) is 0 Å². The maximum Gasteiger partial charge on any atom is 0.253 e. The zero-order valence-electron chi connectivity index (χ0n) is 14.5. The normalized spacial score (nSPS) is 15.0. The van der Waals surface area contributed by atoms with Gasteiger partial charge in [-0.3, -0.25) is 4.79 Å². The summed E-state index contributed by atoms with van der Waals surface area (Å²) in [7, 11) is -1.90. The van der Waals surface area contributed by atoms with Crippen molar-refractivity contribution in [1.82, 2.24) is 14.6 Å². The first kappa shape index (κ1) is 18.3. The second-order valence-electron chi connectivity index (χ2n) is 6.03. The summed E-state index contributed by atoms with van der Waals surface area (Å²) in [4.78, 5) is 16.4. The zero-order valence-corrected chi connectivity index (χ0v) is 15.3. The minimum absolute atomic E-state index is 0.256. The van der Waals surface area contributed by atoms with Crippen molar-refractivity contribution in [2.24, 2.45) is 0 Å². The molecular formula is C18H21N3O4S. The van der Waals surface area contributed by atoms with E-state index in [4.69, 9.17) is 4.74 Å². The number of benzene rings is 1. The standard InChI is InChI=1S/C18H21N3O4S/c1-25-17-9-6-15(13-19-17)18(22)20-12-14-4-7-16(8-5-14)26(23,24)21-10-2-3-11-21/h4-9,13H,2-3,10-12H2,1H3,(H,20,22). The van der Waals surface area contributed by atoms with Crippen molar-refractivity contribution in [2.75, 3.05) is 20.2 Å². The number of pyridine rings is 1. The number of amides is 1. The molecule has 0 saturated carbocycles. The molecule has 0 atom stereocenters. The number of hydrogen-bond donors (Lipinski definition) is 1. The maximum absolute atomic E-state index is 12.5. The maximum atomic E-state index is 12.5. The van der Waals surface area contributed by atoms with E-state index in [1.54, 1.807) is 36.4 Å². The third-order valence-corrected chi connectivity index (χ3v) is 6.20.